The number of amides is 1. The van der Waals surface area contributed by atoms with Crippen molar-refractivity contribution >= 4 is 50.2 Å². The molecule has 2 aromatic rings. The minimum absolute atomic E-state index is 0.0886. The van der Waals surface area contributed by atoms with Crippen LogP contribution in [-0.2, 0) is 4.74 Å². The molecule has 0 N–H and O–H groups in total. The van der Waals surface area contributed by atoms with E-state index >= 15 is 0 Å². The minimum Gasteiger partial charge on any atom is -0.490 e. The van der Waals surface area contributed by atoms with Gasteiger partial charge < -0.3 is 14.4 Å². The van der Waals surface area contributed by atoms with Crippen molar-refractivity contribution in [3.05, 3.63) is 22.2 Å². The van der Waals surface area contributed by atoms with E-state index in [9.17, 15) is 4.79 Å². The number of imidazole rings is 1. The molecule has 6 nitrogen and oxygen atoms in total. The second-order valence-electron chi connectivity index (χ2n) is 6.95. The Morgan fingerprint density at radius 2 is 2.23 bits per heavy atom. The predicted octanol–water partition coefficient (Wildman–Crippen LogP) is 4.02. The number of carbonyl (C=O) groups excluding carboxylic acids is 1. The number of pyridine rings is 1. The summed E-state index contributed by atoms with van der Waals surface area (Å²) in [5.74, 6) is 0.837. The van der Waals surface area contributed by atoms with Gasteiger partial charge in [-0.1, -0.05) is 26.1 Å². The molecule has 1 unspecified atom stereocenters. The average Bonchev–Trinajstić information content (AvgIpc) is 3.13. The molecule has 0 aliphatic carbocycles. The molecule has 0 bridgehead atoms. The van der Waals surface area contributed by atoms with Gasteiger partial charge in [-0.15, -0.1) is 10.5 Å². The maximum absolute atomic E-state index is 11.6. The van der Waals surface area contributed by atoms with E-state index in [4.69, 9.17) is 9.47 Å². The zero-order valence-corrected chi connectivity index (χ0v) is 18.5. The molecule has 142 valence electrons. The van der Waals surface area contributed by atoms with Gasteiger partial charge in [0.15, 0.2) is 0 Å². The summed E-state index contributed by atoms with van der Waals surface area (Å²) in [7, 11) is -0.0917. The molecule has 1 aliphatic heterocycles. The number of fused-ring (bicyclic) bond motifs is 1. The van der Waals surface area contributed by atoms with E-state index < -0.39 is 0 Å². The van der Waals surface area contributed by atoms with Crippen molar-refractivity contribution in [2.75, 3.05) is 26.3 Å². The molecule has 1 atom stereocenters. The second-order valence-corrected chi connectivity index (χ2v) is 10.9. The molecule has 3 rings (SSSR count). The average molecular weight is 489 g/mol. The first-order valence-electron chi connectivity index (χ1n) is 8.55. The summed E-state index contributed by atoms with van der Waals surface area (Å²) < 4.78 is 14.3. The van der Waals surface area contributed by atoms with Gasteiger partial charge in [0.25, 0.3) is 0 Å². The number of halogens is 1. The number of cyclic esters (lactones) is 1. The van der Waals surface area contributed by atoms with E-state index in [-0.39, 0.29) is 21.3 Å². The summed E-state index contributed by atoms with van der Waals surface area (Å²) in [6.07, 6.45) is 3.73. The standard InChI is InChI=1S/C18H24IN3O3S/c1-5-26(18(2,3)4)14-12-22-15(19)11-20-16(22)10-13(14)24-8-6-21-7-9-25-17(21)23/h5,10-12H,6-9H2,1-4H3. The molecule has 1 saturated heterocycles. The van der Waals surface area contributed by atoms with E-state index in [1.54, 1.807) is 4.90 Å². The summed E-state index contributed by atoms with van der Waals surface area (Å²) in [6.45, 7) is 10.9. The van der Waals surface area contributed by atoms with Crippen molar-refractivity contribution in [3.8, 4) is 5.75 Å². The zero-order valence-electron chi connectivity index (χ0n) is 15.5. The van der Waals surface area contributed by atoms with Crippen LogP contribution in [0.4, 0.5) is 4.79 Å². The molecular formula is C18H24IN3O3S. The van der Waals surface area contributed by atoms with Crippen molar-refractivity contribution in [2.24, 2.45) is 0 Å². The normalized spacial score (nSPS) is 16.3. The molecule has 1 fully saturated rings. The van der Waals surface area contributed by atoms with Gasteiger partial charge in [0.1, 0.15) is 28.3 Å². The Labute approximate surface area is 169 Å². The van der Waals surface area contributed by atoms with Crippen LogP contribution in [0.25, 0.3) is 5.65 Å². The highest BCUT2D eigenvalue weighted by Gasteiger charge is 2.23. The van der Waals surface area contributed by atoms with E-state index in [1.165, 1.54) is 0 Å². The topological polar surface area (TPSA) is 56.1 Å². The van der Waals surface area contributed by atoms with Crippen LogP contribution in [0.5, 0.6) is 5.75 Å². The summed E-state index contributed by atoms with van der Waals surface area (Å²) >= 11 is 2.29. The van der Waals surface area contributed by atoms with Crippen LogP contribution in [0.3, 0.4) is 0 Å². The fraction of sp³-hybridized carbons (Fsp3) is 0.500. The highest BCUT2D eigenvalue weighted by atomic mass is 127. The maximum atomic E-state index is 11.6. The van der Waals surface area contributed by atoms with Crippen LogP contribution in [0.2, 0.25) is 0 Å². The first kappa shape index (κ1) is 19.5. The number of carbonyl (C=O) groups is 1. The number of ether oxygens (including phenoxy) is 2. The minimum atomic E-state index is -0.261. The van der Waals surface area contributed by atoms with Gasteiger partial charge in [-0.25, -0.2) is 9.78 Å². The Kier molecular flexibility index (Phi) is 5.81. The number of rotatable bonds is 5. The van der Waals surface area contributed by atoms with Gasteiger partial charge in [0.05, 0.1) is 24.2 Å². The third-order valence-corrected chi connectivity index (χ3v) is 7.50. The lowest BCUT2D eigenvalue weighted by atomic mass is 10.3. The lowest BCUT2D eigenvalue weighted by molar-refractivity contribution is 0.152. The summed E-state index contributed by atoms with van der Waals surface area (Å²) in [5, 5.41) is 2.25. The molecule has 0 radical (unpaired) electrons. The molecular weight excluding hydrogens is 465 g/mol. The van der Waals surface area contributed by atoms with Gasteiger partial charge in [0, 0.05) is 17.0 Å². The number of hydrogen-bond acceptors (Lipinski definition) is 4. The monoisotopic (exact) mass is 489 g/mol. The predicted molar refractivity (Wildman–Crippen MR) is 114 cm³/mol. The molecule has 1 amide bonds. The van der Waals surface area contributed by atoms with Gasteiger partial charge in [-0.2, -0.15) is 0 Å². The Balaban J connectivity index is 1.91. The van der Waals surface area contributed by atoms with Crippen LogP contribution in [0.15, 0.2) is 23.4 Å². The Bertz CT molecular complexity index is 857. The zero-order chi connectivity index (χ0) is 18.9. The Hall–Kier alpha value is -1.29. The summed E-state index contributed by atoms with van der Waals surface area (Å²) in [5.41, 5.74) is 0.863. The first-order valence-corrected chi connectivity index (χ1v) is 10.9. The van der Waals surface area contributed by atoms with E-state index in [1.807, 2.05) is 12.3 Å². The third-order valence-electron chi connectivity index (χ3n) is 4.13. The molecule has 0 spiro atoms. The largest absolute Gasteiger partial charge is 0.490 e. The smallest absolute Gasteiger partial charge is 0.410 e. The fourth-order valence-corrected chi connectivity index (χ4v) is 5.64. The van der Waals surface area contributed by atoms with Gasteiger partial charge in [-0.3, -0.25) is 4.40 Å². The van der Waals surface area contributed by atoms with Crippen LogP contribution >= 0.6 is 33.1 Å². The van der Waals surface area contributed by atoms with E-state index in [0.717, 1.165) is 20.0 Å². The molecule has 3 heterocycles. The van der Waals surface area contributed by atoms with Crippen molar-refractivity contribution < 1.29 is 14.3 Å². The molecule has 0 aromatic carbocycles. The SMILES string of the molecule is C/C=S(/c1cn2c(I)cnc2cc1OCCN1CCOC1=O)C(C)(C)C. The summed E-state index contributed by atoms with van der Waals surface area (Å²) in [4.78, 5) is 18.9. The van der Waals surface area contributed by atoms with Crippen LogP contribution in [0, 0.1) is 3.70 Å². The van der Waals surface area contributed by atoms with Crippen LogP contribution in [-0.4, -0.2) is 56.8 Å². The summed E-state index contributed by atoms with van der Waals surface area (Å²) in [6, 6.07) is 2.00. The Morgan fingerprint density at radius 1 is 1.46 bits per heavy atom. The van der Waals surface area contributed by atoms with Gasteiger partial charge in [0.2, 0.25) is 0 Å². The van der Waals surface area contributed by atoms with Crippen LogP contribution < -0.4 is 4.74 Å². The first-order chi connectivity index (χ1) is 12.3. The molecule has 26 heavy (non-hydrogen) atoms. The van der Waals surface area contributed by atoms with E-state index in [0.29, 0.717) is 26.3 Å². The van der Waals surface area contributed by atoms with E-state index in [2.05, 4.69) is 71.2 Å². The van der Waals surface area contributed by atoms with Gasteiger partial charge >= 0.3 is 6.09 Å². The molecule has 0 saturated carbocycles. The molecule has 2 aromatic heterocycles. The second kappa shape index (κ2) is 7.75. The third kappa shape index (κ3) is 4.00. The van der Waals surface area contributed by atoms with Crippen molar-refractivity contribution in [3.63, 3.8) is 0 Å². The molecule has 1 aliphatic rings. The van der Waals surface area contributed by atoms with Crippen molar-refractivity contribution in [1.82, 2.24) is 14.3 Å². The maximum Gasteiger partial charge on any atom is 0.410 e. The van der Waals surface area contributed by atoms with Crippen molar-refractivity contribution in [2.45, 2.75) is 37.3 Å². The Morgan fingerprint density at radius 3 is 2.85 bits per heavy atom. The lowest BCUT2D eigenvalue weighted by Crippen LogP contribution is -2.29. The fourth-order valence-electron chi connectivity index (χ4n) is 2.94. The highest BCUT2D eigenvalue weighted by molar-refractivity contribution is 14.1. The van der Waals surface area contributed by atoms with Gasteiger partial charge in [-0.05, 0) is 29.5 Å². The lowest BCUT2D eigenvalue weighted by Gasteiger charge is -2.27. The number of nitrogens with zero attached hydrogens (tertiary/aromatic N) is 3. The van der Waals surface area contributed by atoms with Crippen LogP contribution in [0.1, 0.15) is 27.7 Å². The van der Waals surface area contributed by atoms with Crippen molar-refractivity contribution in [1.29, 1.82) is 0 Å². The number of hydrogen-bond donors (Lipinski definition) is 0. The molecule has 8 heteroatoms. The highest BCUT2D eigenvalue weighted by Crippen LogP contribution is 2.44. The number of aromatic nitrogens is 2. The quantitative estimate of drug-likeness (QED) is 0.471.